The highest BCUT2D eigenvalue weighted by molar-refractivity contribution is 4.83. The monoisotopic (exact) mass is 255 g/mol. The molecule has 1 aliphatic carbocycles. The van der Waals surface area contributed by atoms with E-state index < -0.39 is 0 Å². The molecule has 0 spiro atoms. The van der Waals surface area contributed by atoms with Crippen LogP contribution < -0.4 is 5.32 Å². The zero-order chi connectivity index (χ0) is 13.6. The van der Waals surface area contributed by atoms with Crippen molar-refractivity contribution >= 4 is 0 Å². The molecule has 1 aliphatic rings. The van der Waals surface area contributed by atoms with E-state index in [2.05, 4.69) is 33.0 Å². The van der Waals surface area contributed by atoms with Gasteiger partial charge in [-0.2, -0.15) is 0 Å². The van der Waals surface area contributed by atoms with Crippen LogP contribution in [0.5, 0.6) is 0 Å². The third kappa shape index (κ3) is 5.71. The molecule has 0 aliphatic heterocycles. The van der Waals surface area contributed by atoms with Crippen molar-refractivity contribution in [3.8, 4) is 0 Å². The Hall–Kier alpha value is -0.0800. The molecule has 0 bridgehead atoms. The summed E-state index contributed by atoms with van der Waals surface area (Å²) in [6.07, 6.45) is 7.79. The number of rotatable bonds is 6. The van der Waals surface area contributed by atoms with E-state index in [4.69, 9.17) is 5.11 Å². The zero-order valence-corrected chi connectivity index (χ0v) is 12.8. The van der Waals surface area contributed by atoms with Gasteiger partial charge in [0.15, 0.2) is 0 Å². The molecule has 1 saturated carbocycles. The summed E-state index contributed by atoms with van der Waals surface area (Å²) in [5.74, 6) is 1.37. The molecular weight excluding hydrogens is 222 g/mol. The van der Waals surface area contributed by atoms with Crippen molar-refractivity contribution in [1.29, 1.82) is 0 Å². The first kappa shape index (κ1) is 16.0. The number of hydrogen-bond donors (Lipinski definition) is 2. The predicted molar refractivity (Wildman–Crippen MR) is 78.7 cm³/mol. The van der Waals surface area contributed by atoms with E-state index in [1.807, 2.05) is 0 Å². The Morgan fingerprint density at radius 1 is 1.17 bits per heavy atom. The molecule has 0 radical (unpaired) electrons. The lowest BCUT2D eigenvalue weighted by Crippen LogP contribution is -2.36. The summed E-state index contributed by atoms with van der Waals surface area (Å²) in [5, 5.41) is 12.7. The smallest absolute Gasteiger partial charge is 0.0456 e. The predicted octanol–water partition coefficient (Wildman–Crippen LogP) is 3.59. The summed E-state index contributed by atoms with van der Waals surface area (Å²) in [6, 6.07) is 0.744. The molecular formula is C16H33NO. The molecule has 0 saturated heterocycles. The average Bonchev–Trinajstić information content (AvgIpc) is 2.33. The molecule has 18 heavy (non-hydrogen) atoms. The quantitative estimate of drug-likeness (QED) is 0.711. The van der Waals surface area contributed by atoms with E-state index in [-0.39, 0.29) is 0 Å². The van der Waals surface area contributed by atoms with Gasteiger partial charge in [-0.25, -0.2) is 0 Å². The van der Waals surface area contributed by atoms with Crippen molar-refractivity contribution in [3.63, 3.8) is 0 Å². The van der Waals surface area contributed by atoms with Crippen LogP contribution in [0.4, 0.5) is 0 Å². The second-order valence-electron chi connectivity index (χ2n) is 7.30. The molecule has 1 unspecified atom stereocenters. The van der Waals surface area contributed by atoms with Crippen molar-refractivity contribution in [3.05, 3.63) is 0 Å². The van der Waals surface area contributed by atoms with Crippen LogP contribution in [0, 0.1) is 17.3 Å². The van der Waals surface area contributed by atoms with Crippen LogP contribution in [0.15, 0.2) is 0 Å². The van der Waals surface area contributed by atoms with Crippen LogP contribution in [0.2, 0.25) is 0 Å². The molecule has 0 aromatic heterocycles. The Morgan fingerprint density at radius 2 is 1.78 bits per heavy atom. The number of aliphatic hydroxyl groups is 1. The van der Waals surface area contributed by atoms with Crippen molar-refractivity contribution in [2.24, 2.45) is 17.3 Å². The van der Waals surface area contributed by atoms with E-state index in [0.717, 1.165) is 24.9 Å². The Kier molecular flexibility index (Phi) is 6.65. The molecule has 108 valence electrons. The minimum atomic E-state index is 0.330. The highest BCUT2D eigenvalue weighted by atomic mass is 16.3. The van der Waals surface area contributed by atoms with Crippen LogP contribution in [0.25, 0.3) is 0 Å². The van der Waals surface area contributed by atoms with E-state index in [9.17, 15) is 0 Å². The molecule has 1 rings (SSSR count). The van der Waals surface area contributed by atoms with Crippen LogP contribution in [0.1, 0.15) is 66.2 Å². The summed E-state index contributed by atoms with van der Waals surface area (Å²) in [5.41, 5.74) is 0.488. The van der Waals surface area contributed by atoms with Gasteiger partial charge in [0.25, 0.3) is 0 Å². The number of hydrogen-bond acceptors (Lipinski definition) is 2. The number of nitrogens with one attached hydrogen (secondary N) is 1. The molecule has 2 nitrogen and oxygen atoms in total. The maximum atomic E-state index is 8.97. The van der Waals surface area contributed by atoms with Gasteiger partial charge in [0.05, 0.1) is 0 Å². The molecule has 2 N–H and O–H groups in total. The lowest BCUT2D eigenvalue weighted by Gasteiger charge is -2.37. The third-order valence-electron chi connectivity index (χ3n) is 4.57. The first-order valence-electron chi connectivity index (χ1n) is 7.77. The topological polar surface area (TPSA) is 32.3 Å². The first-order chi connectivity index (χ1) is 8.43. The molecule has 2 heteroatoms. The van der Waals surface area contributed by atoms with E-state index >= 15 is 0 Å². The Labute approximate surface area is 114 Å². The van der Waals surface area contributed by atoms with Gasteiger partial charge in [-0.05, 0) is 62.3 Å². The van der Waals surface area contributed by atoms with Gasteiger partial charge >= 0.3 is 0 Å². The second kappa shape index (κ2) is 7.49. The van der Waals surface area contributed by atoms with Crippen molar-refractivity contribution < 1.29 is 5.11 Å². The zero-order valence-electron chi connectivity index (χ0n) is 12.8. The minimum absolute atomic E-state index is 0.330. The highest BCUT2D eigenvalue weighted by Crippen LogP contribution is 2.37. The van der Waals surface area contributed by atoms with Crippen molar-refractivity contribution in [1.82, 2.24) is 5.32 Å². The maximum absolute atomic E-state index is 8.97. The van der Waals surface area contributed by atoms with Gasteiger partial charge in [0.2, 0.25) is 0 Å². The maximum Gasteiger partial charge on any atom is 0.0456 e. The lowest BCUT2D eigenvalue weighted by molar-refractivity contribution is 0.159. The SMILES string of the molecule is CC(CO)CCCNC1CCC(C(C)(C)C)CC1. The van der Waals surface area contributed by atoms with Gasteiger partial charge < -0.3 is 10.4 Å². The number of aliphatic hydroxyl groups excluding tert-OH is 1. The van der Waals surface area contributed by atoms with Crippen LogP contribution in [0.3, 0.4) is 0 Å². The molecule has 1 atom stereocenters. The fraction of sp³-hybridized carbons (Fsp3) is 1.00. The fourth-order valence-corrected chi connectivity index (χ4v) is 3.01. The lowest BCUT2D eigenvalue weighted by atomic mass is 9.71. The van der Waals surface area contributed by atoms with Gasteiger partial charge in [-0.1, -0.05) is 27.7 Å². The summed E-state index contributed by atoms with van der Waals surface area (Å²) < 4.78 is 0. The average molecular weight is 255 g/mol. The molecule has 0 amide bonds. The summed E-state index contributed by atoms with van der Waals surface area (Å²) in [6.45, 7) is 10.7. The normalized spacial score (nSPS) is 27.2. The van der Waals surface area contributed by atoms with Crippen molar-refractivity contribution in [2.75, 3.05) is 13.2 Å². The van der Waals surface area contributed by atoms with Crippen molar-refractivity contribution in [2.45, 2.75) is 72.3 Å². The second-order valence-corrected chi connectivity index (χ2v) is 7.30. The fourth-order valence-electron chi connectivity index (χ4n) is 3.01. The third-order valence-corrected chi connectivity index (χ3v) is 4.57. The van der Waals surface area contributed by atoms with Gasteiger partial charge in [-0.15, -0.1) is 0 Å². The molecule has 0 aromatic carbocycles. The standard InChI is InChI=1S/C16H33NO/c1-13(12-18)6-5-11-17-15-9-7-14(8-10-15)16(2,3)4/h13-15,17-18H,5-12H2,1-4H3. The first-order valence-corrected chi connectivity index (χ1v) is 7.77. The van der Waals surface area contributed by atoms with Gasteiger partial charge in [-0.3, -0.25) is 0 Å². The Balaban J connectivity index is 2.09. The summed E-state index contributed by atoms with van der Waals surface area (Å²) in [7, 11) is 0. The highest BCUT2D eigenvalue weighted by Gasteiger charge is 2.29. The van der Waals surface area contributed by atoms with E-state index in [1.165, 1.54) is 32.1 Å². The Morgan fingerprint density at radius 3 is 2.28 bits per heavy atom. The van der Waals surface area contributed by atoms with Gasteiger partial charge in [0, 0.05) is 12.6 Å². The van der Waals surface area contributed by atoms with Crippen LogP contribution >= 0.6 is 0 Å². The molecule has 0 heterocycles. The summed E-state index contributed by atoms with van der Waals surface area (Å²) in [4.78, 5) is 0. The van der Waals surface area contributed by atoms with E-state index in [1.54, 1.807) is 0 Å². The largest absolute Gasteiger partial charge is 0.396 e. The summed E-state index contributed by atoms with van der Waals surface area (Å²) >= 11 is 0. The minimum Gasteiger partial charge on any atom is -0.396 e. The van der Waals surface area contributed by atoms with Crippen LogP contribution in [-0.2, 0) is 0 Å². The molecule has 1 fully saturated rings. The van der Waals surface area contributed by atoms with Gasteiger partial charge in [0.1, 0.15) is 0 Å². The molecule has 0 aromatic rings. The van der Waals surface area contributed by atoms with E-state index in [0.29, 0.717) is 17.9 Å². The van der Waals surface area contributed by atoms with Crippen LogP contribution in [-0.4, -0.2) is 24.3 Å². The Bertz CT molecular complexity index is 214.